The fraction of sp³-hybridized carbons (Fsp3) is 0.850. The lowest BCUT2D eigenvalue weighted by Gasteiger charge is -2.38. The number of rotatable bonds is 13. The largest absolute Gasteiger partial charge is 0.481 e. The number of hydrogen-bond donors (Lipinski definition) is 2. The fourth-order valence-electron chi connectivity index (χ4n) is 3.30. The lowest BCUT2D eigenvalue weighted by molar-refractivity contribution is -0.161. The Hall–Kier alpha value is -1.59. The molecular formula is C20H38O6. The summed E-state index contributed by atoms with van der Waals surface area (Å²) in [6.45, 7) is 11.2. The lowest BCUT2D eigenvalue weighted by Crippen LogP contribution is -2.39. The van der Waals surface area contributed by atoms with Gasteiger partial charge in [-0.25, -0.2) is 0 Å². The van der Waals surface area contributed by atoms with Gasteiger partial charge >= 0.3 is 17.9 Å². The standard InChI is InChI=1S/C17H34O2.C3H4O4/c1-6-11-13-15(8-3)17(9-4,14-12-7-2)16(18)19-10-5;4-2(5)1-3(6)7/h15H,6-14H2,1-5H3;1H2,(H,4,5)(H,6,7). The minimum absolute atomic E-state index is 0.0499. The minimum atomic E-state index is -1.31. The average molecular weight is 375 g/mol. The van der Waals surface area contributed by atoms with E-state index >= 15 is 0 Å². The molecule has 2 atom stereocenters. The van der Waals surface area contributed by atoms with E-state index in [1.54, 1.807) is 0 Å². The van der Waals surface area contributed by atoms with Crippen molar-refractivity contribution < 1.29 is 29.3 Å². The van der Waals surface area contributed by atoms with Crippen molar-refractivity contribution in [3.63, 3.8) is 0 Å². The van der Waals surface area contributed by atoms with Gasteiger partial charge in [-0.3, -0.25) is 14.4 Å². The fourth-order valence-corrected chi connectivity index (χ4v) is 3.30. The van der Waals surface area contributed by atoms with E-state index in [0.29, 0.717) is 12.5 Å². The SMILES string of the molecule is CCCCC(CC)C(CC)(CCCC)C(=O)OCC.O=C(O)CC(=O)O. The van der Waals surface area contributed by atoms with E-state index in [1.165, 1.54) is 12.8 Å². The van der Waals surface area contributed by atoms with Crippen LogP contribution in [0.25, 0.3) is 0 Å². The Labute approximate surface area is 158 Å². The Morgan fingerprint density at radius 2 is 1.46 bits per heavy atom. The second kappa shape index (κ2) is 15.6. The summed E-state index contributed by atoms with van der Waals surface area (Å²) in [7, 11) is 0. The maximum Gasteiger partial charge on any atom is 0.314 e. The van der Waals surface area contributed by atoms with Crippen molar-refractivity contribution in [2.24, 2.45) is 11.3 Å². The van der Waals surface area contributed by atoms with E-state index in [-0.39, 0.29) is 11.4 Å². The van der Waals surface area contributed by atoms with Crippen molar-refractivity contribution in [3.8, 4) is 0 Å². The molecule has 0 radical (unpaired) electrons. The van der Waals surface area contributed by atoms with Gasteiger partial charge < -0.3 is 14.9 Å². The van der Waals surface area contributed by atoms with Crippen LogP contribution in [0.5, 0.6) is 0 Å². The summed E-state index contributed by atoms with van der Waals surface area (Å²) < 4.78 is 5.42. The van der Waals surface area contributed by atoms with Crippen LogP contribution in [0.2, 0.25) is 0 Å². The molecule has 0 saturated carbocycles. The van der Waals surface area contributed by atoms with E-state index in [4.69, 9.17) is 14.9 Å². The third-order valence-corrected chi connectivity index (χ3v) is 4.77. The van der Waals surface area contributed by atoms with E-state index in [2.05, 4.69) is 27.7 Å². The molecule has 26 heavy (non-hydrogen) atoms. The first-order chi connectivity index (χ1) is 12.2. The molecule has 0 aromatic heterocycles. The van der Waals surface area contributed by atoms with Crippen LogP contribution in [-0.4, -0.2) is 34.7 Å². The summed E-state index contributed by atoms with van der Waals surface area (Å²) in [6, 6.07) is 0. The van der Waals surface area contributed by atoms with Crippen LogP contribution >= 0.6 is 0 Å². The van der Waals surface area contributed by atoms with Crippen molar-refractivity contribution in [2.45, 2.75) is 92.4 Å². The summed E-state index contributed by atoms with van der Waals surface area (Å²) in [5.74, 6) is -2.10. The molecule has 0 saturated heterocycles. The molecule has 2 N–H and O–H groups in total. The first kappa shape index (κ1) is 26.6. The number of carbonyl (C=O) groups is 3. The number of carboxylic acid groups (broad SMARTS) is 2. The summed E-state index contributed by atoms with van der Waals surface area (Å²) in [5, 5.41) is 15.4. The maximum absolute atomic E-state index is 12.5. The third-order valence-electron chi connectivity index (χ3n) is 4.77. The van der Waals surface area contributed by atoms with E-state index in [9.17, 15) is 14.4 Å². The normalized spacial score (nSPS) is 13.7. The molecule has 0 bridgehead atoms. The Kier molecular flexibility index (Phi) is 16.0. The van der Waals surface area contributed by atoms with Crippen LogP contribution in [0.4, 0.5) is 0 Å². The second-order valence-corrected chi connectivity index (χ2v) is 6.55. The molecule has 0 fully saturated rings. The van der Waals surface area contributed by atoms with Gasteiger partial charge in [0, 0.05) is 0 Å². The predicted octanol–water partition coefficient (Wildman–Crippen LogP) is 4.90. The molecule has 0 aliphatic carbocycles. The molecule has 2 unspecified atom stereocenters. The summed E-state index contributed by atoms with van der Waals surface area (Å²) in [5.41, 5.74) is -0.240. The van der Waals surface area contributed by atoms with E-state index < -0.39 is 18.4 Å². The van der Waals surface area contributed by atoms with Gasteiger partial charge in [0.05, 0.1) is 12.0 Å². The van der Waals surface area contributed by atoms with Crippen molar-refractivity contribution in [3.05, 3.63) is 0 Å². The van der Waals surface area contributed by atoms with Gasteiger partial charge in [0.1, 0.15) is 6.42 Å². The highest BCUT2D eigenvalue weighted by atomic mass is 16.5. The number of unbranched alkanes of at least 4 members (excludes halogenated alkanes) is 2. The molecule has 0 aromatic rings. The van der Waals surface area contributed by atoms with Crippen LogP contribution < -0.4 is 0 Å². The smallest absolute Gasteiger partial charge is 0.314 e. The van der Waals surface area contributed by atoms with Crippen molar-refractivity contribution >= 4 is 17.9 Å². The van der Waals surface area contributed by atoms with Crippen LogP contribution in [0, 0.1) is 11.3 Å². The number of aliphatic carboxylic acids is 2. The molecule has 0 spiro atoms. The molecular weight excluding hydrogens is 336 g/mol. The van der Waals surface area contributed by atoms with Gasteiger partial charge in [-0.1, -0.05) is 59.8 Å². The van der Waals surface area contributed by atoms with Crippen molar-refractivity contribution in [1.29, 1.82) is 0 Å². The van der Waals surface area contributed by atoms with Gasteiger partial charge in [-0.2, -0.15) is 0 Å². The van der Waals surface area contributed by atoms with Crippen molar-refractivity contribution in [2.75, 3.05) is 6.61 Å². The van der Waals surface area contributed by atoms with Crippen LogP contribution in [0.3, 0.4) is 0 Å². The van der Waals surface area contributed by atoms with Crippen LogP contribution in [-0.2, 0) is 19.1 Å². The van der Waals surface area contributed by atoms with Crippen LogP contribution in [0.1, 0.15) is 92.4 Å². The van der Waals surface area contributed by atoms with Gasteiger partial charge in [0.2, 0.25) is 0 Å². The Balaban J connectivity index is 0. The minimum Gasteiger partial charge on any atom is -0.481 e. The highest BCUT2D eigenvalue weighted by molar-refractivity contribution is 5.88. The quantitative estimate of drug-likeness (QED) is 0.351. The highest BCUT2D eigenvalue weighted by Crippen LogP contribution is 2.43. The number of carboxylic acids is 2. The number of hydrogen-bond acceptors (Lipinski definition) is 4. The van der Waals surface area contributed by atoms with Gasteiger partial charge in [-0.15, -0.1) is 0 Å². The zero-order chi connectivity index (χ0) is 20.6. The topological polar surface area (TPSA) is 101 Å². The van der Waals surface area contributed by atoms with Gasteiger partial charge in [0.25, 0.3) is 0 Å². The molecule has 0 aliphatic heterocycles. The lowest BCUT2D eigenvalue weighted by atomic mass is 9.67. The molecule has 0 rings (SSSR count). The first-order valence-corrected chi connectivity index (χ1v) is 9.86. The molecule has 154 valence electrons. The predicted molar refractivity (Wildman–Crippen MR) is 102 cm³/mol. The molecule has 0 heterocycles. The number of ether oxygens (including phenoxy) is 1. The van der Waals surface area contributed by atoms with Crippen molar-refractivity contribution in [1.82, 2.24) is 0 Å². The highest BCUT2D eigenvalue weighted by Gasteiger charge is 2.43. The molecule has 0 aliphatic rings. The maximum atomic E-state index is 12.5. The van der Waals surface area contributed by atoms with E-state index in [0.717, 1.165) is 38.5 Å². The zero-order valence-corrected chi connectivity index (χ0v) is 17.2. The van der Waals surface area contributed by atoms with Crippen LogP contribution in [0.15, 0.2) is 0 Å². The number of carbonyl (C=O) groups excluding carboxylic acids is 1. The number of esters is 1. The Morgan fingerprint density at radius 3 is 1.77 bits per heavy atom. The third kappa shape index (κ3) is 10.4. The van der Waals surface area contributed by atoms with E-state index in [1.807, 2.05) is 6.92 Å². The Morgan fingerprint density at radius 1 is 0.923 bits per heavy atom. The summed E-state index contributed by atoms with van der Waals surface area (Å²) >= 11 is 0. The summed E-state index contributed by atoms with van der Waals surface area (Å²) in [4.78, 5) is 31.4. The van der Waals surface area contributed by atoms with Gasteiger partial charge in [0.15, 0.2) is 0 Å². The molecule has 0 amide bonds. The molecule has 6 heteroatoms. The zero-order valence-electron chi connectivity index (χ0n) is 17.2. The second-order valence-electron chi connectivity index (χ2n) is 6.55. The van der Waals surface area contributed by atoms with Gasteiger partial charge in [-0.05, 0) is 32.1 Å². The molecule has 6 nitrogen and oxygen atoms in total. The summed E-state index contributed by atoms with van der Waals surface area (Å²) in [6.07, 6.45) is 8.01. The Bertz CT molecular complexity index is 395. The first-order valence-electron chi connectivity index (χ1n) is 9.86. The average Bonchev–Trinajstić information content (AvgIpc) is 2.57. The monoisotopic (exact) mass is 374 g/mol. The molecule has 0 aromatic carbocycles.